The van der Waals surface area contributed by atoms with Gasteiger partial charge in [-0.25, -0.2) is 4.39 Å². The van der Waals surface area contributed by atoms with Gasteiger partial charge in [0.05, 0.1) is 25.3 Å². The van der Waals surface area contributed by atoms with Crippen LogP contribution in [0.4, 0.5) is 4.39 Å². The van der Waals surface area contributed by atoms with Crippen molar-refractivity contribution in [3.63, 3.8) is 0 Å². The molecule has 1 N–H and O–H groups in total. The van der Waals surface area contributed by atoms with Crippen LogP contribution in [0.25, 0.3) is 0 Å². The SMILES string of the molecule is O=C(Cc1ccc(F)cc1)NCC1OCCc2cn(Cc3ccccc3)nc21. The Morgan fingerprint density at radius 3 is 2.71 bits per heavy atom. The van der Waals surface area contributed by atoms with E-state index in [4.69, 9.17) is 9.84 Å². The summed E-state index contributed by atoms with van der Waals surface area (Å²) >= 11 is 0. The molecule has 1 atom stereocenters. The zero-order valence-electron chi connectivity index (χ0n) is 15.5. The van der Waals surface area contributed by atoms with Crippen LogP contribution in [0.5, 0.6) is 0 Å². The van der Waals surface area contributed by atoms with E-state index in [9.17, 15) is 9.18 Å². The van der Waals surface area contributed by atoms with Gasteiger partial charge in [0.2, 0.25) is 5.91 Å². The number of aromatic nitrogens is 2. The van der Waals surface area contributed by atoms with E-state index in [-0.39, 0.29) is 24.2 Å². The van der Waals surface area contributed by atoms with E-state index < -0.39 is 0 Å². The van der Waals surface area contributed by atoms with Gasteiger partial charge in [0.1, 0.15) is 11.9 Å². The second kappa shape index (κ2) is 8.35. The molecule has 0 spiro atoms. The fraction of sp³-hybridized carbons (Fsp3) is 0.273. The Morgan fingerprint density at radius 1 is 1.14 bits per heavy atom. The summed E-state index contributed by atoms with van der Waals surface area (Å²) in [5.41, 5.74) is 4.02. The average Bonchev–Trinajstić information content (AvgIpc) is 3.12. The Balaban J connectivity index is 1.37. The number of hydrogen-bond donors (Lipinski definition) is 1. The quantitative estimate of drug-likeness (QED) is 0.716. The molecule has 2 aromatic carbocycles. The first-order chi connectivity index (χ1) is 13.7. The summed E-state index contributed by atoms with van der Waals surface area (Å²) < 4.78 is 20.7. The minimum atomic E-state index is -0.307. The van der Waals surface area contributed by atoms with Crippen molar-refractivity contribution in [2.45, 2.75) is 25.5 Å². The summed E-state index contributed by atoms with van der Waals surface area (Å²) in [5, 5.41) is 7.61. The lowest BCUT2D eigenvalue weighted by molar-refractivity contribution is -0.121. The van der Waals surface area contributed by atoms with E-state index in [2.05, 4.69) is 23.6 Å². The first-order valence-corrected chi connectivity index (χ1v) is 9.40. The predicted octanol–water partition coefficient (Wildman–Crippen LogP) is 3.04. The van der Waals surface area contributed by atoms with Crippen LogP contribution in [-0.2, 0) is 28.9 Å². The lowest BCUT2D eigenvalue weighted by Gasteiger charge is -2.22. The normalized spacial score (nSPS) is 15.8. The predicted molar refractivity (Wildman–Crippen MR) is 103 cm³/mol. The molecule has 6 heteroatoms. The molecule has 1 aliphatic rings. The maximum Gasteiger partial charge on any atom is 0.224 e. The molecule has 0 radical (unpaired) electrons. The molecular weight excluding hydrogens is 357 g/mol. The van der Waals surface area contributed by atoms with E-state index >= 15 is 0 Å². The standard InChI is InChI=1S/C22H22FN3O2/c23-19-8-6-16(7-9-19)12-21(27)24-13-20-22-18(10-11-28-20)15-26(25-22)14-17-4-2-1-3-5-17/h1-9,15,20H,10-14H2,(H,24,27). The summed E-state index contributed by atoms with van der Waals surface area (Å²) in [6.45, 7) is 1.69. The number of nitrogens with zero attached hydrogens (tertiary/aromatic N) is 2. The molecule has 144 valence electrons. The van der Waals surface area contributed by atoms with Gasteiger partial charge < -0.3 is 10.1 Å². The lowest BCUT2D eigenvalue weighted by atomic mass is 10.1. The Morgan fingerprint density at radius 2 is 1.93 bits per heavy atom. The van der Waals surface area contributed by atoms with E-state index in [1.54, 1.807) is 12.1 Å². The van der Waals surface area contributed by atoms with Crippen molar-refractivity contribution in [2.24, 2.45) is 0 Å². The fourth-order valence-corrected chi connectivity index (χ4v) is 3.40. The molecule has 5 nitrogen and oxygen atoms in total. The molecule has 0 fully saturated rings. The molecule has 1 amide bonds. The zero-order valence-corrected chi connectivity index (χ0v) is 15.5. The van der Waals surface area contributed by atoms with Crippen LogP contribution in [0, 0.1) is 5.82 Å². The molecule has 1 unspecified atom stereocenters. The van der Waals surface area contributed by atoms with Gasteiger partial charge in [-0.2, -0.15) is 5.10 Å². The number of carbonyl (C=O) groups is 1. The maximum absolute atomic E-state index is 13.0. The number of amides is 1. The topological polar surface area (TPSA) is 56.1 Å². The van der Waals surface area contributed by atoms with Crippen LogP contribution in [0.3, 0.4) is 0 Å². The van der Waals surface area contributed by atoms with Crippen LogP contribution in [-0.4, -0.2) is 28.8 Å². The highest BCUT2D eigenvalue weighted by molar-refractivity contribution is 5.78. The summed E-state index contributed by atoms with van der Waals surface area (Å²) in [4.78, 5) is 12.2. The van der Waals surface area contributed by atoms with Crippen LogP contribution in [0.2, 0.25) is 0 Å². The molecular formula is C22H22FN3O2. The molecule has 1 aliphatic heterocycles. The van der Waals surface area contributed by atoms with Gasteiger partial charge in [-0.1, -0.05) is 42.5 Å². The van der Waals surface area contributed by atoms with Crippen LogP contribution < -0.4 is 5.32 Å². The maximum atomic E-state index is 13.0. The van der Waals surface area contributed by atoms with E-state index in [0.717, 1.165) is 17.7 Å². The summed E-state index contributed by atoms with van der Waals surface area (Å²) in [5.74, 6) is -0.426. The van der Waals surface area contributed by atoms with E-state index in [1.807, 2.05) is 22.9 Å². The number of halogens is 1. The molecule has 0 bridgehead atoms. The van der Waals surface area contributed by atoms with Crippen molar-refractivity contribution >= 4 is 5.91 Å². The molecule has 3 aromatic rings. The fourth-order valence-electron chi connectivity index (χ4n) is 3.40. The molecule has 2 heterocycles. The minimum absolute atomic E-state index is 0.119. The highest BCUT2D eigenvalue weighted by atomic mass is 19.1. The molecule has 1 aromatic heterocycles. The molecule has 0 saturated carbocycles. The van der Waals surface area contributed by atoms with Gasteiger partial charge in [0, 0.05) is 12.7 Å². The number of benzene rings is 2. The van der Waals surface area contributed by atoms with Crippen molar-refractivity contribution in [1.29, 1.82) is 0 Å². The number of hydrogen-bond acceptors (Lipinski definition) is 3. The van der Waals surface area contributed by atoms with Gasteiger partial charge in [-0.3, -0.25) is 9.48 Å². The third kappa shape index (κ3) is 4.46. The van der Waals surface area contributed by atoms with Crippen LogP contribution in [0.1, 0.15) is 28.5 Å². The van der Waals surface area contributed by atoms with Crippen molar-refractivity contribution in [3.8, 4) is 0 Å². The summed E-state index contributed by atoms with van der Waals surface area (Å²) in [7, 11) is 0. The highest BCUT2D eigenvalue weighted by Gasteiger charge is 2.25. The Labute approximate surface area is 163 Å². The van der Waals surface area contributed by atoms with Gasteiger partial charge in [-0.05, 0) is 35.2 Å². The van der Waals surface area contributed by atoms with Crippen LogP contribution in [0.15, 0.2) is 60.8 Å². The average molecular weight is 379 g/mol. The largest absolute Gasteiger partial charge is 0.370 e. The van der Waals surface area contributed by atoms with Crippen molar-refractivity contribution in [3.05, 3.63) is 89.0 Å². The van der Waals surface area contributed by atoms with Crippen molar-refractivity contribution in [1.82, 2.24) is 15.1 Å². The number of nitrogens with one attached hydrogen (secondary N) is 1. The second-order valence-corrected chi connectivity index (χ2v) is 6.94. The Bertz CT molecular complexity index is 938. The van der Waals surface area contributed by atoms with Gasteiger partial charge in [0.25, 0.3) is 0 Å². The smallest absolute Gasteiger partial charge is 0.224 e. The summed E-state index contributed by atoms with van der Waals surface area (Å²) in [6.07, 6.45) is 2.85. The summed E-state index contributed by atoms with van der Waals surface area (Å²) in [6, 6.07) is 16.1. The molecule has 0 aliphatic carbocycles. The Hall–Kier alpha value is -2.99. The molecule has 4 rings (SSSR count). The molecule has 0 saturated heterocycles. The van der Waals surface area contributed by atoms with Gasteiger partial charge in [-0.15, -0.1) is 0 Å². The number of fused-ring (bicyclic) bond motifs is 1. The van der Waals surface area contributed by atoms with Crippen molar-refractivity contribution in [2.75, 3.05) is 13.2 Å². The van der Waals surface area contributed by atoms with Crippen LogP contribution >= 0.6 is 0 Å². The van der Waals surface area contributed by atoms with Gasteiger partial charge >= 0.3 is 0 Å². The number of carbonyl (C=O) groups excluding carboxylic acids is 1. The number of ether oxygens (including phenoxy) is 1. The first-order valence-electron chi connectivity index (χ1n) is 9.40. The van der Waals surface area contributed by atoms with Gasteiger partial charge in [0.15, 0.2) is 0 Å². The zero-order chi connectivity index (χ0) is 19.3. The first kappa shape index (κ1) is 18.4. The highest BCUT2D eigenvalue weighted by Crippen LogP contribution is 2.25. The monoisotopic (exact) mass is 379 g/mol. The Kier molecular flexibility index (Phi) is 5.48. The van der Waals surface area contributed by atoms with E-state index in [0.29, 0.717) is 19.7 Å². The third-order valence-electron chi connectivity index (χ3n) is 4.82. The van der Waals surface area contributed by atoms with E-state index in [1.165, 1.54) is 23.3 Å². The molecule has 28 heavy (non-hydrogen) atoms. The third-order valence-corrected chi connectivity index (χ3v) is 4.82. The lowest BCUT2D eigenvalue weighted by Crippen LogP contribution is -2.32. The second-order valence-electron chi connectivity index (χ2n) is 6.94. The number of rotatable bonds is 6. The van der Waals surface area contributed by atoms with Crippen molar-refractivity contribution < 1.29 is 13.9 Å². The minimum Gasteiger partial charge on any atom is -0.370 e.